The van der Waals surface area contributed by atoms with Gasteiger partial charge in [0, 0.05) is 6.54 Å². The fourth-order valence-corrected chi connectivity index (χ4v) is 2.03. The van der Waals surface area contributed by atoms with E-state index >= 15 is 0 Å². The highest BCUT2D eigenvalue weighted by atomic mass is 35.5. The van der Waals surface area contributed by atoms with Gasteiger partial charge in [-0.2, -0.15) is 0 Å². The van der Waals surface area contributed by atoms with Gasteiger partial charge in [0.2, 0.25) is 5.91 Å². The molecule has 18 heavy (non-hydrogen) atoms. The van der Waals surface area contributed by atoms with Crippen molar-refractivity contribution in [1.29, 1.82) is 0 Å². The molecule has 100 valence electrons. The normalized spacial score (nSPS) is 16.3. The molecule has 2 rings (SSSR count). The summed E-state index contributed by atoms with van der Waals surface area (Å²) in [6, 6.07) is 9.46. The molecular weight excluding hydrogens is 248 g/mol. The van der Waals surface area contributed by atoms with Crippen molar-refractivity contribution in [3.63, 3.8) is 0 Å². The highest BCUT2D eigenvalue weighted by Gasteiger charge is 2.20. The van der Waals surface area contributed by atoms with Crippen LogP contribution in [0.5, 0.6) is 0 Å². The molecule has 0 saturated heterocycles. The largest absolute Gasteiger partial charge is 0.354 e. The number of rotatable bonds is 5. The predicted molar refractivity (Wildman–Crippen MR) is 75.7 cm³/mol. The topological polar surface area (TPSA) is 55.1 Å². The Morgan fingerprint density at radius 1 is 1.33 bits per heavy atom. The molecule has 0 aromatic heterocycles. The van der Waals surface area contributed by atoms with Gasteiger partial charge < -0.3 is 11.1 Å². The second-order valence-electron chi connectivity index (χ2n) is 4.84. The highest BCUT2D eigenvalue weighted by Crippen LogP contribution is 2.25. The molecule has 0 unspecified atom stereocenters. The molecule has 0 heterocycles. The summed E-state index contributed by atoms with van der Waals surface area (Å²) in [4.78, 5) is 11.8. The average Bonchev–Trinajstić information content (AvgIpc) is 2.28. The summed E-state index contributed by atoms with van der Waals surface area (Å²) in [5, 5.41) is 2.94. The van der Waals surface area contributed by atoms with Crippen molar-refractivity contribution in [1.82, 2.24) is 5.32 Å². The van der Waals surface area contributed by atoms with E-state index in [1.54, 1.807) is 0 Å². The monoisotopic (exact) mass is 268 g/mol. The Bertz CT molecular complexity index is 365. The van der Waals surface area contributed by atoms with E-state index in [0.717, 1.165) is 12.1 Å². The first-order valence-electron chi connectivity index (χ1n) is 6.33. The van der Waals surface area contributed by atoms with Crippen LogP contribution in [0.4, 0.5) is 0 Å². The van der Waals surface area contributed by atoms with E-state index in [0.29, 0.717) is 12.3 Å². The lowest BCUT2D eigenvalue weighted by molar-refractivity contribution is -0.122. The number of nitrogens with two attached hydrogens (primary N) is 1. The predicted octanol–water partition coefficient (Wildman–Crippen LogP) is 1.89. The van der Waals surface area contributed by atoms with Crippen molar-refractivity contribution in [2.24, 2.45) is 11.7 Å². The van der Waals surface area contributed by atoms with Gasteiger partial charge in [0.05, 0.1) is 6.04 Å². The molecule has 1 aliphatic rings. The molecule has 1 aromatic rings. The van der Waals surface area contributed by atoms with E-state index in [4.69, 9.17) is 5.73 Å². The maximum absolute atomic E-state index is 11.8. The number of carbonyl (C=O) groups is 1. The molecule has 0 bridgehead atoms. The number of amides is 1. The number of hydrogen-bond donors (Lipinski definition) is 2. The molecule has 1 fully saturated rings. The zero-order chi connectivity index (χ0) is 12.1. The number of halogens is 1. The van der Waals surface area contributed by atoms with E-state index in [1.807, 2.05) is 30.3 Å². The zero-order valence-corrected chi connectivity index (χ0v) is 11.3. The minimum absolute atomic E-state index is 0. The van der Waals surface area contributed by atoms with Crippen LogP contribution in [0.25, 0.3) is 0 Å². The summed E-state index contributed by atoms with van der Waals surface area (Å²) in [5.74, 6) is 0.656. The summed E-state index contributed by atoms with van der Waals surface area (Å²) in [7, 11) is 0. The quantitative estimate of drug-likeness (QED) is 0.857. The lowest BCUT2D eigenvalue weighted by Gasteiger charge is -2.26. The number of benzene rings is 1. The van der Waals surface area contributed by atoms with Crippen LogP contribution in [-0.2, 0) is 11.2 Å². The van der Waals surface area contributed by atoms with E-state index in [-0.39, 0.29) is 18.3 Å². The van der Waals surface area contributed by atoms with E-state index < -0.39 is 6.04 Å². The second-order valence-corrected chi connectivity index (χ2v) is 4.84. The minimum atomic E-state index is -0.433. The maximum atomic E-state index is 11.8. The van der Waals surface area contributed by atoms with Crippen molar-refractivity contribution in [2.75, 3.05) is 6.54 Å². The van der Waals surface area contributed by atoms with Gasteiger partial charge in [0.15, 0.2) is 0 Å². The van der Waals surface area contributed by atoms with Crippen molar-refractivity contribution in [3.8, 4) is 0 Å². The van der Waals surface area contributed by atoms with E-state index in [9.17, 15) is 4.79 Å². The molecule has 0 radical (unpaired) electrons. The SMILES string of the molecule is Cl.N[C@@H](Cc1ccccc1)C(=O)NCC1CCC1. The van der Waals surface area contributed by atoms with Crippen LogP contribution < -0.4 is 11.1 Å². The van der Waals surface area contributed by atoms with Gasteiger partial charge in [0.1, 0.15) is 0 Å². The summed E-state index contributed by atoms with van der Waals surface area (Å²) >= 11 is 0. The van der Waals surface area contributed by atoms with Crippen molar-refractivity contribution in [3.05, 3.63) is 35.9 Å². The third kappa shape index (κ3) is 4.31. The van der Waals surface area contributed by atoms with Gasteiger partial charge >= 0.3 is 0 Å². The fraction of sp³-hybridized carbons (Fsp3) is 0.500. The molecule has 1 atom stereocenters. The van der Waals surface area contributed by atoms with Gasteiger partial charge in [-0.15, -0.1) is 12.4 Å². The lowest BCUT2D eigenvalue weighted by atomic mass is 9.85. The fourth-order valence-electron chi connectivity index (χ4n) is 2.03. The molecule has 1 aliphatic carbocycles. The van der Waals surface area contributed by atoms with Crippen molar-refractivity contribution in [2.45, 2.75) is 31.7 Å². The third-order valence-corrected chi connectivity index (χ3v) is 3.42. The molecule has 3 N–H and O–H groups in total. The molecule has 1 saturated carbocycles. The van der Waals surface area contributed by atoms with Crippen LogP contribution in [0.1, 0.15) is 24.8 Å². The molecule has 0 spiro atoms. The van der Waals surface area contributed by atoms with Crippen LogP contribution >= 0.6 is 12.4 Å². The molecule has 4 heteroatoms. The standard InChI is InChI=1S/C14H20N2O.ClH/c15-13(9-11-5-2-1-3-6-11)14(17)16-10-12-7-4-8-12;/h1-3,5-6,12-13H,4,7-10,15H2,(H,16,17);1H/t13-;/m0./s1. The van der Waals surface area contributed by atoms with Crippen LogP contribution in [-0.4, -0.2) is 18.5 Å². The van der Waals surface area contributed by atoms with E-state index in [1.165, 1.54) is 19.3 Å². The highest BCUT2D eigenvalue weighted by molar-refractivity contribution is 5.85. The molecule has 1 amide bonds. The Kier molecular flexibility index (Phi) is 6.16. The number of hydrogen-bond acceptors (Lipinski definition) is 2. The molecule has 0 aliphatic heterocycles. The van der Waals surface area contributed by atoms with Crippen molar-refractivity contribution < 1.29 is 4.79 Å². The van der Waals surface area contributed by atoms with Gasteiger partial charge in [-0.05, 0) is 30.7 Å². The van der Waals surface area contributed by atoms with Crippen LogP contribution in [0.3, 0.4) is 0 Å². The molecular formula is C14H21ClN2O. The summed E-state index contributed by atoms with van der Waals surface area (Å²) in [6.45, 7) is 0.793. The van der Waals surface area contributed by atoms with Gasteiger partial charge in [-0.25, -0.2) is 0 Å². The Hall–Kier alpha value is -1.06. The van der Waals surface area contributed by atoms with Gasteiger partial charge in [-0.1, -0.05) is 36.8 Å². The third-order valence-electron chi connectivity index (χ3n) is 3.42. The minimum Gasteiger partial charge on any atom is -0.354 e. The summed E-state index contributed by atoms with van der Waals surface area (Å²) < 4.78 is 0. The van der Waals surface area contributed by atoms with Crippen LogP contribution in [0.15, 0.2) is 30.3 Å². The van der Waals surface area contributed by atoms with E-state index in [2.05, 4.69) is 5.32 Å². The van der Waals surface area contributed by atoms with Gasteiger partial charge in [-0.3, -0.25) is 4.79 Å². The molecule has 3 nitrogen and oxygen atoms in total. The zero-order valence-electron chi connectivity index (χ0n) is 10.5. The smallest absolute Gasteiger partial charge is 0.237 e. The first-order valence-corrected chi connectivity index (χ1v) is 6.33. The average molecular weight is 269 g/mol. The van der Waals surface area contributed by atoms with Crippen molar-refractivity contribution >= 4 is 18.3 Å². The number of carbonyl (C=O) groups excluding carboxylic acids is 1. The lowest BCUT2D eigenvalue weighted by Crippen LogP contribution is -2.44. The summed E-state index contributed by atoms with van der Waals surface area (Å²) in [6.07, 6.45) is 4.40. The maximum Gasteiger partial charge on any atom is 0.237 e. The number of nitrogens with one attached hydrogen (secondary N) is 1. The Labute approximate surface area is 115 Å². The van der Waals surface area contributed by atoms with Crippen LogP contribution in [0, 0.1) is 5.92 Å². The Morgan fingerprint density at radius 2 is 2.00 bits per heavy atom. The van der Waals surface area contributed by atoms with Crippen LogP contribution in [0.2, 0.25) is 0 Å². The Morgan fingerprint density at radius 3 is 2.56 bits per heavy atom. The first-order chi connectivity index (χ1) is 8.25. The second kappa shape index (κ2) is 7.39. The first kappa shape index (κ1) is 15.0. The summed E-state index contributed by atoms with van der Waals surface area (Å²) in [5.41, 5.74) is 6.99. The Balaban J connectivity index is 0.00000162. The van der Waals surface area contributed by atoms with Gasteiger partial charge in [0.25, 0.3) is 0 Å². The molecule has 1 aromatic carbocycles.